The summed E-state index contributed by atoms with van der Waals surface area (Å²) in [5.74, 6) is 0. The number of aromatic nitrogens is 1. The van der Waals surface area contributed by atoms with E-state index in [-0.39, 0.29) is 0 Å². The summed E-state index contributed by atoms with van der Waals surface area (Å²) in [6, 6.07) is 18.0. The molecule has 1 heterocycles. The van der Waals surface area contributed by atoms with Gasteiger partial charge < -0.3 is 15.0 Å². The topological polar surface area (TPSA) is 37.0 Å². The molecule has 0 bridgehead atoms. The summed E-state index contributed by atoms with van der Waals surface area (Å²) in [6.07, 6.45) is 6.16. The highest BCUT2D eigenvalue weighted by molar-refractivity contribution is 5.95. The highest BCUT2D eigenvalue weighted by Gasteiger charge is 2.17. The molecule has 1 aliphatic carbocycles. The summed E-state index contributed by atoms with van der Waals surface area (Å²) in [6.45, 7) is 0.754. The van der Waals surface area contributed by atoms with E-state index in [1.807, 2.05) is 0 Å². The molecular formula is C22H26N2O. The number of fused-ring (bicyclic) bond motifs is 1. The molecule has 0 aliphatic heterocycles. The lowest BCUT2D eigenvalue weighted by atomic mass is 10.1. The van der Waals surface area contributed by atoms with Gasteiger partial charge in [0.15, 0.2) is 0 Å². The molecule has 0 atom stereocenters. The van der Waals surface area contributed by atoms with Crippen LogP contribution in [0.15, 0.2) is 48.5 Å². The minimum absolute atomic E-state index is 0.601. The van der Waals surface area contributed by atoms with Crippen LogP contribution >= 0.6 is 0 Å². The molecule has 25 heavy (non-hydrogen) atoms. The van der Waals surface area contributed by atoms with E-state index in [9.17, 15) is 0 Å². The fourth-order valence-corrected chi connectivity index (χ4v) is 3.85. The quantitative estimate of drug-likeness (QED) is 0.635. The Labute approximate surface area is 149 Å². The first-order valence-corrected chi connectivity index (χ1v) is 9.30. The zero-order chi connectivity index (χ0) is 17.1. The average Bonchev–Trinajstić information content (AvgIpc) is 3.30. The summed E-state index contributed by atoms with van der Waals surface area (Å²) in [5.41, 5.74) is 6.18. The minimum Gasteiger partial charge on any atom is -0.384 e. The van der Waals surface area contributed by atoms with Gasteiger partial charge in [0.1, 0.15) is 0 Å². The molecule has 0 saturated heterocycles. The summed E-state index contributed by atoms with van der Waals surface area (Å²) >= 11 is 0. The van der Waals surface area contributed by atoms with Crippen LogP contribution in [0.25, 0.3) is 22.2 Å². The largest absolute Gasteiger partial charge is 0.384 e. The number of anilines is 1. The lowest BCUT2D eigenvalue weighted by Crippen LogP contribution is -2.15. The number of H-pyrrole nitrogens is 1. The van der Waals surface area contributed by atoms with Crippen LogP contribution in [-0.4, -0.2) is 24.7 Å². The van der Waals surface area contributed by atoms with Gasteiger partial charge in [0.05, 0.1) is 17.8 Å². The summed E-state index contributed by atoms with van der Waals surface area (Å²) < 4.78 is 5.28. The summed E-state index contributed by atoms with van der Waals surface area (Å²) in [5, 5.41) is 5.06. The van der Waals surface area contributed by atoms with Gasteiger partial charge in [-0.25, -0.2) is 0 Å². The Morgan fingerprint density at radius 3 is 2.64 bits per heavy atom. The number of ether oxygens (including phenoxy) is 1. The molecule has 3 nitrogen and oxygen atoms in total. The normalized spacial score (nSPS) is 15.1. The Kier molecular flexibility index (Phi) is 4.75. The highest BCUT2D eigenvalue weighted by atomic mass is 16.5. The van der Waals surface area contributed by atoms with E-state index < -0.39 is 0 Å². The van der Waals surface area contributed by atoms with E-state index in [1.165, 1.54) is 59.1 Å². The Balaban J connectivity index is 1.74. The van der Waals surface area contributed by atoms with Crippen molar-refractivity contribution < 1.29 is 4.74 Å². The molecular weight excluding hydrogens is 308 g/mol. The van der Waals surface area contributed by atoms with Crippen LogP contribution in [0, 0.1) is 0 Å². The van der Waals surface area contributed by atoms with Crippen molar-refractivity contribution in [2.75, 3.05) is 19.0 Å². The van der Waals surface area contributed by atoms with Crippen LogP contribution in [-0.2, 0) is 11.2 Å². The first-order valence-electron chi connectivity index (χ1n) is 9.30. The molecule has 4 rings (SSSR count). The molecule has 130 valence electrons. The van der Waals surface area contributed by atoms with E-state index in [0.29, 0.717) is 6.04 Å². The van der Waals surface area contributed by atoms with Gasteiger partial charge in [-0.2, -0.15) is 0 Å². The van der Waals surface area contributed by atoms with Crippen molar-refractivity contribution in [3.8, 4) is 11.3 Å². The van der Waals surface area contributed by atoms with Crippen LogP contribution in [0.1, 0.15) is 31.2 Å². The maximum Gasteiger partial charge on any atom is 0.0694 e. The zero-order valence-electron chi connectivity index (χ0n) is 14.8. The predicted octanol–water partition coefficient (Wildman–Crippen LogP) is 5.38. The Morgan fingerprint density at radius 1 is 1.08 bits per heavy atom. The van der Waals surface area contributed by atoms with Gasteiger partial charge in [0.25, 0.3) is 0 Å². The Hall–Kier alpha value is -2.26. The maximum absolute atomic E-state index is 5.28. The second kappa shape index (κ2) is 7.32. The number of rotatable bonds is 6. The summed E-state index contributed by atoms with van der Waals surface area (Å²) in [4.78, 5) is 3.64. The molecule has 1 aromatic heterocycles. The average molecular weight is 334 g/mol. The Morgan fingerprint density at radius 2 is 1.88 bits per heavy atom. The van der Waals surface area contributed by atoms with Gasteiger partial charge in [-0.3, -0.25) is 0 Å². The van der Waals surface area contributed by atoms with Crippen molar-refractivity contribution in [2.45, 2.75) is 38.1 Å². The van der Waals surface area contributed by atoms with Crippen molar-refractivity contribution in [1.29, 1.82) is 0 Å². The molecule has 0 spiro atoms. The number of aromatic amines is 1. The van der Waals surface area contributed by atoms with Crippen molar-refractivity contribution >= 4 is 16.6 Å². The van der Waals surface area contributed by atoms with E-state index in [2.05, 4.69) is 58.8 Å². The molecule has 1 aliphatic rings. The first kappa shape index (κ1) is 16.2. The van der Waals surface area contributed by atoms with Crippen LogP contribution in [0.3, 0.4) is 0 Å². The van der Waals surface area contributed by atoms with E-state index >= 15 is 0 Å². The fraction of sp³-hybridized carbons (Fsp3) is 0.364. The van der Waals surface area contributed by atoms with Gasteiger partial charge in [0.2, 0.25) is 0 Å². The molecule has 0 unspecified atom stereocenters. The number of methoxy groups -OCH3 is 1. The van der Waals surface area contributed by atoms with Gasteiger partial charge in [-0.1, -0.05) is 43.2 Å². The second-order valence-corrected chi connectivity index (χ2v) is 7.03. The Bertz CT molecular complexity index is 832. The fourth-order valence-electron chi connectivity index (χ4n) is 3.85. The van der Waals surface area contributed by atoms with Gasteiger partial charge in [-0.15, -0.1) is 0 Å². The zero-order valence-corrected chi connectivity index (χ0v) is 14.8. The standard InChI is InChI=1S/C22H26N2O/c1-25-12-11-16-13-18-15-20(17-7-3-2-4-8-17)24-22(18)21(14-16)23-19-9-5-6-10-19/h2-4,7-8,13-15,19,23-24H,5-6,9-12H2,1H3. The monoisotopic (exact) mass is 334 g/mol. The van der Waals surface area contributed by atoms with Crippen LogP contribution < -0.4 is 5.32 Å². The van der Waals surface area contributed by atoms with Crippen molar-refractivity contribution in [3.63, 3.8) is 0 Å². The molecule has 0 radical (unpaired) electrons. The number of hydrogen-bond donors (Lipinski definition) is 2. The maximum atomic E-state index is 5.28. The van der Waals surface area contributed by atoms with Crippen molar-refractivity contribution in [1.82, 2.24) is 4.98 Å². The van der Waals surface area contributed by atoms with Gasteiger partial charge in [0, 0.05) is 24.2 Å². The van der Waals surface area contributed by atoms with Crippen molar-refractivity contribution in [2.24, 2.45) is 0 Å². The van der Waals surface area contributed by atoms with E-state index in [0.717, 1.165) is 13.0 Å². The molecule has 1 saturated carbocycles. The third kappa shape index (κ3) is 3.57. The highest BCUT2D eigenvalue weighted by Crippen LogP contribution is 2.32. The molecule has 2 aromatic carbocycles. The lowest BCUT2D eigenvalue weighted by Gasteiger charge is -2.16. The van der Waals surface area contributed by atoms with E-state index in [1.54, 1.807) is 7.11 Å². The molecule has 0 amide bonds. The molecule has 1 fully saturated rings. The minimum atomic E-state index is 0.601. The SMILES string of the molecule is COCCc1cc(NC2CCCC2)c2[nH]c(-c3ccccc3)cc2c1. The number of nitrogens with one attached hydrogen (secondary N) is 2. The molecule has 2 N–H and O–H groups in total. The van der Waals surface area contributed by atoms with Crippen LogP contribution in [0.2, 0.25) is 0 Å². The van der Waals surface area contributed by atoms with E-state index in [4.69, 9.17) is 4.74 Å². The molecule has 3 heteroatoms. The smallest absolute Gasteiger partial charge is 0.0694 e. The first-order chi connectivity index (χ1) is 12.3. The van der Waals surface area contributed by atoms with Gasteiger partial charge >= 0.3 is 0 Å². The molecule has 3 aromatic rings. The lowest BCUT2D eigenvalue weighted by molar-refractivity contribution is 0.202. The third-order valence-electron chi connectivity index (χ3n) is 5.18. The van der Waals surface area contributed by atoms with Crippen LogP contribution in [0.4, 0.5) is 5.69 Å². The van der Waals surface area contributed by atoms with Crippen molar-refractivity contribution in [3.05, 3.63) is 54.1 Å². The second-order valence-electron chi connectivity index (χ2n) is 7.03. The van der Waals surface area contributed by atoms with Crippen LogP contribution in [0.5, 0.6) is 0 Å². The number of hydrogen-bond acceptors (Lipinski definition) is 2. The van der Waals surface area contributed by atoms with Gasteiger partial charge in [-0.05, 0) is 48.6 Å². The predicted molar refractivity (Wildman–Crippen MR) is 105 cm³/mol. The summed E-state index contributed by atoms with van der Waals surface area (Å²) in [7, 11) is 1.76. The third-order valence-corrected chi connectivity index (χ3v) is 5.18. The number of benzene rings is 2.